The van der Waals surface area contributed by atoms with Crippen LogP contribution in [0.25, 0.3) is 11.9 Å². The second-order valence-electron chi connectivity index (χ2n) is 4.34. The van der Waals surface area contributed by atoms with Gasteiger partial charge in [-0.3, -0.25) is 0 Å². The van der Waals surface area contributed by atoms with Gasteiger partial charge in [-0.15, -0.1) is 0 Å². The molecule has 3 aromatic rings. The Hall–Kier alpha value is -2.60. The summed E-state index contributed by atoms with van der Waals surface area (Å²) >= 11 is 6.27. The number of anilines is 1. The topological polar surface area (TPSA) is 60.6 Å². The third-order valence-corrected chi connectivity index (χ3v) is 3.26. The van der Waals surface area contributed by atoms with E-state index in [0.717, 1.165) is 16.9 Å². The molecule has 1 N–H and O–H groups in total. The van der Waals surface area contributed by atoms with E-state index in [2.05, 4.69) is 27.1 Å². The molecule has 2 heterocycles. The van der Waals surface area contributed by atoms with E-state index in [1.165, 1.54) is 6.33 Å². The predicted octanol–water partition coefficient (Wildman–Crippen LogP) is 2.83. The average Bonchev–Trinajstić information content (AvgIpc) is 3.16. The van der Waals surface area contributed by atoms with Gasteiger partial charge in [-0.25, -0.2) is 14.3 Å². The summed E-state index contributed by atoms with van der Waals surface area (Å²) in [5, 5.41) is 12.2. The van der Waals surface area contributed by atoms with Crippen molar-refractivity contribution in [1.29, 1.82) is 0 Å². The average molecular weight is 301 g/mol. The van der Waals surface area contributed by atoms with Gasteiger partial charge in [0.25, 0.3) is 0 Å². The smallest absolute Gasteiger partial charge is 0.138 e. The van der Waals surface area contributed by atoms with E-state index < -0.39 is 0 Å². The largest absolute Gasteiger partial charge is 0.379 e. The van der Waals surface area contributed by atoms with Crippen LogP contribution in [0.2, 0.25) is 5.02 Å². The van der Waals surface area contributed by atoms with Crippen LogP contribution < -0.4 is 5.32 Å². The Morgan fingerprint density at radius 1 is 1.33 bits per heavy atom. The number of para-hydroxylation sites is 1. The van der Waals surface area contributed by atoms with Gasteiger partial charge in [-0.2, -0.15) is 10.2 Å². The minimum atomic E-state index is 0.604. The normalized spacial score (nSPS) is 10.5. The van der Waals surface area contributed by atoms with E-state index in [-0.39, 0.29) is 0 Å². The van der Waals surface area contributed by atoms with Gasteiger partial charge in [0.1, 0.15) is 18.3 Å². The first kappa shape index (κ1) is 13.4. The number of benzene rings is 1. The van der Waals surface area contributed by atoms with Crippen LogP contribution in [0.4, 0.5) is 5.69 Å². The Labute approximate surface area is 126 Å². The summed E-state index contributed by atoms with van der Waals surface area (Å²) in [5.74, 6) is 0. The molecular weight excluding hydrogens is 288 g/mol. The van der Waals surface area contributed by atoms with Crippen molar-refractivity contribution in [3.8, 4) is 5.69 Å². The molecule has 0 fully saturated rings. The molecule has 106 valence electrons. The van der Waals surface area contributed by atoms with Crippen LogP contribution in [0.3, 0.4) is 0 Å². The molecular formula is C14H13ClN6. The van der Waals surface area contributed by atoms with E-state index >= 15 is 0 Å². The van der Waals surface area contributed by atoms with Crippen LogP contribution in [0.1, 0.15) is 5.56 Å². The van der Waals surface area contributed by atoms with Crippen molar-refractivity contribution >= 4 is 23.5 Å². The molecule has 0 radical (unpaired) electrons. The summed E-state index contributed by atoms with van der Waals surface area (Å²) in [6.45, 7) is 4.29. The Balaban J connectivity index is 1.85. The van der Waals surface area contributed by atoms with Crippen molar-refractivity contribution in [2.45, 2.75) is 6.54 Å². The second kappa shape index (κ2) is 5.80. The molecule has 0 aliphatic rings. The monoisotopic (exact) mass is 300 g/mol. The highest BCUT2D eigenvalue weighted by Crippen LogP contribution is 2.28. The van der Waals surface area contributed by atoms with Crippen LogP contribution in [0.15, 0.2) is 49.8 Å². The Bertz CT molecular complexity index is 747. The molecule has 0 aliphatic carbocycles. The number of hydrogen-bond donors (Lipinski definition) is 1. The van der Waals surface area contributed by atoms with Crippen molar-refractivity contribution in [2.24, 2.45) is 0 Å². The fraction of sp³-hybridized carbons (Fsp3) is 0.0714. The Kier molecular flexibility index (Phi) is 3.70. The molecule has 0 unspecified atom stereocenters. The molecule has 21 heavy (non-hydrogen) atoms. The fourth-order valence-corrected chi connectivity index (χ4v) is 2.24. The lowest BCUT2D eigenvalue weighted by molar-refractivity contribution is 0.878. The van der Waals surface area contributed by atoms with Gasteiger partial charge in [0.2, 0.25) is 0 Å². The van der Waals surface area contributed by atoms with Gasteiger partial charge in [-0.1, -0.05) is 24.2 Å². The molecule has 0 aliphatic heterocycles. The molecule has 7 heteroatoms. The molecule has 0 spiro atoms. The van der Waals surface area contributed by atoms with Gasteiger partial charge in [0.05, 0.1) is 16.9 Å². The first-order chi connectivity index (χ1) is 10.3. The fourth-order valence-electron chi connectivity index (χ4n) is 1.98. The maximum Gasteiger partial charge on any atom is 0.138 e. The standard InChI is InChI=1S/C14H13ClN6/c1-2-20-8-11(7-18-20)6-17-13-5-3-4-12(15)14(13)21-10-16-9-19-21/h2-5,7-10,17H,1,6H2. The van der Waals surface area contributed by atoms with Crippen molar-refractivity contribution in [2.75, 3.05) is 5.32 Å². The maximum atomic E-state index is 6.27. The number of halogens is 1. The van der Waals surface area contributed by atoms with Crippen LogP contribution in [-0.4, -0.2) is 24.5 Å². The van der Waals surface area contributed by atoms with Crippen molar-refractivity contribution in [3.05, 3.63) is 60.4 Å². The van der Waals surface area contributed by atoms with E-state index in [1.807, 2.05) is 24.4 Å². The number of hydrogen-bond acceptors (Lipinski definition) is 4. The molecule has 0 atom stereocenters. The quantitative estimate of drug-likeness (QED) is 0.787. The van der Waals surface area contributed by atoms with Crippen molar-refractivity contribution < 1.29 is 0 Å². The van der Waals surface area contributed by atoms with E-state index in [9.17, 15) is 0 Å². The van der Waals surface area contributed by atoms with E-state index in [4.69, 9.17) is 11.6 Å². The molecule has 0 saturated carbocycles. The van der Waals surface area contributed by atoms with Crippen molar-refractivity contribution in [3.63, 3.8) is 0 Å². The zero-order valence-electron chi connectivity index (χ0n) is 11.1. The first-order valence-electron chi connectivity index (χ1n) is 6.31. The van der Waals surface area contributed by atoms with Gasteiger partial charge < -0.3 is 5.32 Å². The molecule has 6 nitrogen and oxygen atoms in total. The zero-order chi connectivity index (χ0) is 14.7. The molecule has 2 aromatic heterocycles. The first-order valence-corrected chi connectivity index (χ1v) is 6.68. The summed E-state index contributed by atoms with van der Waals surface area (Å²) in [7, 11) is 0. The number of nitrogens with zero attached hydrogens (tertiary/aromatic N) is 5. The van der Waals surface area contributed by atoms with E-state index in [0.29, 0.717) is 11.6 Å². The van der Waals surface area contributed by atoms with Crippen LogP contribution in [-0.2, 0) is 6.54 Å². The third kappa shape index (κ3) is 2.80. The lowest BCUT2D eigenvalue weighted by atomic mass is 10.2. The van der Waals surface area contributed by atoms with Crippen molar-refractivity contribution in [1.82, 2.24) is 24.5 Å². The highest BCUT2D eigenvalue weighted by atomic mass is 35.5. The van der Waals surface area contributed by atoms with Gasteiger partial charge >= 0.3 is 0 Å². The molecule has 0 bridgehead atoms. The minimum absolute atomic E-state index is 0.604. The third-order valence-electron chi connectivity index (χ3n) is 2.96. The highest BCUT2D eigenvalue weighted by molar-refractivity contribution is 6.33. The number of aromatic nitrogens is 5. The molecule has 0 saturated heterocycles. The number of rotatable bonds is 5. The van der Waals surface area contributed by atoms with Gasteiger partial charge in [0, 0.05) is 24.5 Å². The summed E-state index contributed by atoms with van der Waals surface area (Å²) in [5.41, 5.74) is 2.69. The lowest BCUT2D eigenvalue weighted by Gasteiger charge is -2.12. The highest BCUT2D eigenvalue weighted by Gasteiger charge is 2.10. The summed E-state index contributed by atoms with van der Waals surface area (Å²) in [6.07, 6.45) is 8.42. The zero-order valence-corrected chi connectivity index (χ0v) is 11.9. The minimum Gasteiger partial charge on any atom is -0.379 e. The van der Waals surface area contributed by atoms with E-state index in [1.54, 1.807) is 28.1 Å². The number of nitrogens with one attached hydrogen (secondary N) is 1. The molecule has 3 rings (SSSR count). The van der Waals surface area contributed by atoms with Gasteiger partial charge in [-0.05, 0) is 12.1 Å². The van der Waals surface area contributed by atoms with Crippen LogP contribution in [0.5, 0.6) is 0 Å². The molecule has 1 aromatic carbocycles. The Morgan fingerprint density at radius 3 is 2.95 bits per heavy atom. The maximum absolute atomic E-state index is 6.27. The summed E-state index contributed by atoms with van der Waals surface area (Å²) in [4.78, 5) is 3.95. The summed E-state index contributed by atoms with van der Waals surface area (Å²) < 4.78 is 3.30. The van der Waals surface area contributed by atoms with Gasteiger partial charge in [0.15, 0.2) is 0 Å². The SMILES string of the molecule is C=Cn1cc(CNc2cccc(Cl)c2-n2cncn2)cn1. The van der Waals surface area contributed by atoms with Crippen LogP contribution >= 0.6 is 11.6 Å². The second-order valence-corrected chi connectivity index (χ2v) is 4.75. The molecule has 0 amide bonds. The van der Waals surface area contributed by atoms with Crippen LogP contribution in [0, 0.1) is 0 Å². The predicted molar refractivity (Wildman–Crippen MR) is 82.3 cm³/mol. The summed E-state index contributed by atoms with van der Waals surface area (Å²) in [6, 6.07) is 5.65. The lowest BCUT2D eigenvalue weighted by Crippen LogP contribution is -2.05. The Morgan fingerprint density at radius 2 is 2.24 bits per heavy atom.